The summed E-state index contributed by atoms with van der Waals surface area (Å²) in [6, 6.07) is 5.32. The number of tetrazole rings is 1. The highest BCUT2D eigenvalue weighted by atomic mass is 19.1. The minimum absolute atomic E-state index is 0.0172. The first-order valence-corrected chi connectivity index (χ1v) is 13.3. The third-order valence-corrected chi connectivity index (χ3v) is 7.30. The molecule has 3 aromatic heterocycles. The number of hydrazine groups is 1. The molecule has 1 saturated heterocycles. The van der Waals surface area contributed by atoms with Crippen LogP contribution in [0.15, 0.2) is 48.8 Å². The van der Waals surface area contributed by atoms with E-state index >= 15 is 4.39 Å². The predicted molar refractivity (Wildman–Crippen MR) is 145 cm³/mol. The lowest BCUT2D eigenvalue weighted by atomic mass is 9.97. The van der Waals surface area contributed by atoms with Crippen molar-refractivity contribution in [1.29, 1.82) is 0 Å². The van der Waals surface area contributed by atoms with Crippen LogP contribution in [0.1, 0.15) is 41.1 Å². The maximum atomic E-state index is 15.1. The number of nitrogens with one attached hydrogen (secondary N) is 1. The van der Waals surface area contributed by atoms with E-state index in [-0.39, 0.29) is 30.1 Å². The summed E-state index contributed by atoms with van der Waals surface area (Å²) in [6.45, 7) is 1.59. The van der Waals surface area contributed by atoms with Crippen molar-refractivity contribution in [2.24, 2.45) is 17.5 Å². The number of ether oxygens (including phenoxy) is 2. The van der Waals surface area contributed by atoms with E-state index in [0.29, 0.717) is 17.5 Å². The van der Waals surface area contributed by atoms with Gasteiger partial charge >= 0.3 is 0 Å². The molecule has 6 rings (SSSR count). The molecule has 13 nitrogen and oxygen atoms in total. The number of carbonyl (C=O) groups excluding carboxylic acids is 1. The van der Waals surface area contributed by atoms with Crippen LogP contribution in [-0.4, -0.2) is 60.8 Å². The van der Waals surface area contributed by atoms with Gasteiger partial charge in [-0.2, -0.15) is 0 Å². The van der Waals surface area contributed by atoms with Gasteiger partial charge in [-0.1, -0.05) is 6.07 Å². The van der Waals surface area contributed by atoms with Crippen molar-refractivity contribution in [2.75, 3.05) is 20.3 Å². The van der Waals surface area contributed by atoms with Gasteiger partial charge in [-0.3, -0.25) is 4.79 Å². The number of imidazole rings is 1. The Balaban J connectivity index is 1.14. The molecule has 0 bridgehead atoms. The van der Waals surface area contributed by atoms with E-state index in [1.807, 2.05) is 6.20 Å². The summed E-state index contributed by atoms with van der Waals surface area (Å²) >= 11 is 0. The van der Waals surface area contributed by atoms with Crippen LogP contribution in [0.2, 0.25) is 0 Å². The molecule has 1 amide bonds. The zero-order chi connectivity index (χ0) is 28.5. The second kappa shape index (κ2) is 11.1. The van der Waals surface area contributed by atoms with Gasteiger partial charge in [0.15, 0.2) is 11.6 Å². The number of carbonyl (C=O) groups is 1. The zero-order valence-electron chi connectivity index (χ0n) is 22.5. The van der Waals surface area contributed by atoms with Crippen LogP contribution in [0.5, 0.6) is 5.75 Å². The number of amides is 1. The molecule has 1 aromatic carbocycles. The van der Waals surface area contributed by atoms with Crippen LogP contribution in [0.25, 0.3) is 11.3 Å². The van der Waals surface area contributed by atoms with Crippen molar-refractivity contribution >= 4 is 11.6 Å². The highest BCUT2D eigenvalue weighted by molar-refractivity contribution is 5.92. The highest BCUT2D eigenvalue weighted by Gasteiger charge is 2.27. The number of fused-ring (bicyclic) bond motifs is 1. The molecule has 214 valence electrons. The molecule has 0 radical (unpaired) electrons. The molecule has 14 heteroatoms. The zero-order valence-corrected chi connectivity index (χ0v) is 22.5. The molecular weight excluding hydrogens is 531 g/mol. The Kier molecular flexibility index (Phi) is 7.24. The number of halogens is 1. The van der Waals surface area contributed by atoms with Gasteiger partial charge in [-0.25, -0.2) is 19.9 Å². The Labute approximate surface area is 234 Å². The lowest BCUT2D eigenvalue weighted by Gasteiger charge is -2.26. The predicted octanol–water partition coefficient (Wildman–Crippen LogP) is 1.32. The minimum atomic E-state index is -0.648. The SMILES string of the molecule is COc1ccc(-n2cnnn2)c(CNC(=O)/C(N)=C/N(N)Cc2cn3cc(C4CC4)cc(CC4COC4)c3n2)c1F. The van der Waals surface area contributed by atoms with E-state index in [4.69, 9.17) is 26.0 Å². The Morgan fingerprint density at radius 3 is 2.83 bits per heavy atom. The van der Waals surface area contributed by atoms with Gasteiger partial charge in [0.25, 0.3) is 5.91 Å². The average molecular weight is 563 g/mol. The smallest absolute Gasteiger partial charge is 0.268 e. The summed E-state index contributed by atoms with van der Waals surface area (Å²) in [7, 11) is 1.35. The number of rotatable bonds is 11. The Hall–Kier alpha value is -4.56. The maximum absolute atomic E-state index is 15.1. The van der Waals surface area contributed by atoms with Crippen LogP contribution in [0.4, 0.5) is 4.39 Å². The van der Waals surface area contributed by atoms with E-state index in [1.54, 1.807) is 6.07 Å². The topological polar surface area (TPSA) is 164 Å². The standard InChI is InChI=1S/C27H31FN10O3/c1-40-24-5-4-23(38-15-32-34-35-38)21(25(24)28)8-31-27(39)22(29)12-37(30)11-20-10-36-9-19(17-2-3-17)7-18(26(36)33-20)6-16-13-41-14-16/h4-5,7,9-10,12,15-17H,2-3,6,8,11,13-14,29-30H2,1H3,(H,31,39)/b22-12-. The number of nitrogens with two attached hydrogens (primary N) is 2. The fourth-order valence-electron chi connectivity index (χ4n) is 4.97. The van der Waals surface area contributed by atoms with Crippen LogP contribution < -0.4 is 21.6 Å². The first kappa shape index (κ1) is 26.7. The van der Waals surface area contributed by atoms with Gasteiger partial charge in [0.1, 0.15) is 17.7 Å². The average Bonchev–Trinajstić information content (AvgIpc) is 3.48. The molecule has 0 atom stereocenters. The normalized spacial score (nSPS) is 15.6. The quantitative estimate of drug-likeness (QED) is 0.138. The van der Waals surface area contributed by atoms with E-state index in [0.717, 1.165) is 31.0 Å². The monoisotopic (exact) mass is 562 g/mol. The highest BCUT2D eigenvalue weighted by Crippen LogP contribution is 2.41. The molecule has 1 aliphatic heterocycles. The third kappa shape index (κ3) is 5.69. The van der Waals surface area contributed by atoms with Crippen LogP contribution in [0.3, 0.4) is 0 Å². The molecule has 2 aliphatic rings. The second-order valence-electron chi connectivity index (χ2n) is 10.4. The van der Waals surface area contributed by atoms with E-state index < -0.39 is 11.7 Å². The number of nitrogens with zero attached hydrogens (tertiary/aromatic N) is 7. The maximum Gasteiger partial charge on any atom is 0.268 e. The van der Waals surface area contributed by atoms with Crippen molar-refractivity contribution in [3.05, 3.63) is 77.0 Å². The molecular formula is C27H31FN10O3. The first-order chi connectivity index (χ1) is 19.9. The molecule has 4 heterocycles. The fourth-order valence-corrected chi connectivity index (χ4v) is 4.97. The molecule has 5 N–H and O–H groups in total. The Bertz CT molecular complexity index is 1590. The summed E-state index contributed by atoms with van der Waals surface area (Å²) in [5.41, 5.74) is 10.5. The minimum Gasteiger partial charge on any atom is -0.494 e. The molecule has 1 aliphatic carbocycles. The van der Waals surface area contributed by atoms with Crippen LogP contribution in [0, 0.1) is 11.7 Å². The second-order valence-corrected chi connectivity index (χ2v) is 10.4. The number of methoxy groups -OCH3 is 1. The van der Waals surface area contributed by atoms with Crippen LogP contribution in [-0.2, 0) is 29.0 Å². The summed E-state index contributed by atoms with van der Waals surface area (Å²) in [5, 5.41) is 14.9. The van der Waals surface area contributed by atoms with Gasteiger partial charge in [-0.05, 0) is 58.9 Å². The van der Waals surface area contributed by atoms with Crippen LogP contribution >= 0.6 is 0 Å². The summed E-state index contributed by atoms with van der Waals surface area (Å²) < 4.78 is 28.9. The Morgan fingerprint density at radius 1 is 1.32 bits per heavy atom. The van der Waals surface area contributed by atoms with Gasteiger partial charge in [0.2, 0.25) is 0 Å². The number of hydrogen-bond acceptors (Lipinski definition) is 10. The van der Waals surface area contributed by atoms with Gasteiger partial charge in [0.05, 0.1) is 38.2 Å². The Morgan fingerprint density at radius 2 is 2.15 bits per heavy atom. The summed E-state index contributed by atoms with van der Waals surface area (Å²) in [5.74, 6) is 6.06. The third-order valence-electron chi connectivity index (χ3n) is 7.30. The molecule has 4 aromatic rings. The van der Waals surface area contributed by atoms with Gasteiger partial charge in [-0.15, -0.1) is 5.10 Å². The molecule has 0 unspecified atom stereocenters. The van der Waals surface area contributed by atoms with E-state index in [9.17, 15) is 4.79 Å². The lowest BCUT2D eigenvalue weighted by Crippen LogP contribution is -2.33. The summed E-state index contributed by atoms with van der Waals surface area (Å²) in [6.07, 6.45) is 10.1. The number of pyridine rings is 1. The molecule has 1 saturated carbocycles. The molecule has 2 fully saturated rings. The van der Waals surface area contributed by atoms with Gasteiger partial charge in [0, 0.05) is 36.6 Å². The van der Waals surface area contributed by atoms with Crippen molar-refractivity contribution in [3.8, 4) is 11.4 Å². The lowest BCUT2D eigenvalue weighted by molar-refractivity contribution is -0.117. The number of aromatic nitrogens is 6. The van der Waals surface area contributed by atoms with Gasteiger partial charge < -0.3 is 29.9 Å². The van der Waals surface area contributed by atoms with E-state index in [2.05, 4.69) is 37.5 Å². The van der Waals surface area contributed by atoms with Crippen molar-refractivity contribution in [3.63, 3.8) is 0 Å². The molecule has 0 spiro atoms. The van der Waals surface area contributed by atoms with Crippen molar-refractivity contribution in [2.45, 2.75) is 38.3 Å². The number of benzene rings is 1. The van der Waals surface area contributed by atoms with E-state index in [1.165, 1.54) is 59.4 Å². The fraction of sp³-hybridized carbons (Fsp3) is 0.370. The van der Waals surface area contributed by atoms with Crippen molar-refractivity contribution in [1.82, 2.24) is 39.9 Å². The summed E-state index contributed by atoms with van der Waals surface area (Å²) in [4.78, 5) is 17.6. The largest absolute Gasteiger partial charge is 0.494 e. The molecule has 41 heavy (non-hydrogen) atoms. The van der Waals surface area contributed by atoms with Crippen molar-refractivity contribution < 1.29 is 18.7 Å². The first-order valence-electron chi connectivity index (χ1n) is 13.3. The number of hydrogen-bond donors (Lipinski definition) is 3.